The number of carbonyl (C=O) groups is 1. The maximum Gasteiger partial charge on any atom is 0.416 e. The topological polar surface area (TPSA) is 20.9 Å². The van der Waals surface area contributed by atoms with Crippen LogP contribution in [0, 0.1) is 5.82 Å². The molecule has 0 fully saturated rings. The average Bonchev–Trinajstić information content (AvgIpc) is 3.30. The molecule has 0 saturated heterocycles. The molecule has 7 aromatic rings. The molecule has 0 bridgehead atoms. The molecule has 0 radical (unpaired) electrons. The lowest BCUT2D eigenvalue weighted by atomic mass is 9.12. The van der Waals surface area contributed by atoms with Crippen LogP contribution >= 0.6 is 0 Å². The fourth-order valence-electron chi connectivity index (χ4n) is 8.36. The number of aromatic nitrogens is 1. The first-order valence-electron chi connectivity index (χ1n) is 21.0. The van der Waals surface area contributed by atoms with E-state index in [2.05, 4.69) is 0 Å². The minimum atomic E-state index is -6.13. The molecule has 0 unspecified atom stereocenters. The Labute approximate surface area is 414 Å². The third kappa shape index (κ3) is 13.1. The SMILES string of the molecule is FC(F)(F)c1cc([B-](c2cc(C(F)(F)F)cc(C(F)(F)F)c2)(c2cc(C(F)(F)F)cc(C(F)(F)F)c2)c2cc(C(F)(F)F)cc(C(F)(F)F)c2)cc(C(F)(F)F)c1.O=C(C[n+]1cccc2ccccc21)c1ccccc1F. The van der Waals surface area contributed by atoms with E-state index in [4.69, 9.17) is 0 Å². The highest BCUT2D eigenvalue weighted by Crippen LogP contribution is 2.41. The summed E-state index contributed by atoms with van der Waals surface area (Å²) in [6, 6.07) is 8.94. The maximum atomic E-state index is 14.2. The number of nitrogens with zero attached hydrogens (tertiary/aromatic N) is 1. The summed E-state index contributed by atoms with van der Waals surface area (Å²) in [4.78, 5) is 12.2. The van der Waals surface area contributed by atoms with E-state index < -0.39 is 201 Å². The third-order valence-corrected chi connectivity index (χ3v) is 11.7. The van der Waals surface area contributed by atoms with Crippen molar-refractivity contribution >= 4 is 44.7 Å². The Morgan fingerprint density at radius 2 is 0.610 bits per heavy atom. The van der Waals surface area contributed by atoms with Gasteiger partial charge in [-0.3, -0.25) is 4.79 Å². The Morgan fingerprint density at radius 3 is 0.896 bits per heavy atom. The quantitative estimate of drug-likeness (QED) is 0.0674. The molecule has 7 rings (SSSR count). The Hall–Kier alpha value is -7.29. The van der Waals surface area contributed by atoms with E-state index in [1.807, 2.05) is 47.2 Å². The molecule has 6 aromatic carbocycles. The summed E-state index contributed by atoms with van der Waals surface area (Å²) in [6.07, 6.45) is -53.0. The number of halogens is 25. The largest absolute Gasteiger partial charge is 0.416 e. The molecule has 28 heteroatoms. The Bertz CT molecular complexity index is 2880. The number of Topliss-reactive ketones (excluding diaryl/α,β-unsaturated/α-hetero) is 1. The molecule has 0 spiro atoms. The van der Waals surface area contributed by atoms with E-state index >= 15 is 0 Å². The highest BCUT2D eigenvalue weighted by molar-refractivity contribution is 7.20. The summed E-state index contributed by atoms with van der Waals surface area (Å²) in [5, 5.41) is 1.05. The van der Waals surface area contributed by atoms with Crippen molar-refractivity contribution in [1.82, 2.24) is 0 Å². The van der Waals surface area contributed by atoms with Gasteiger partial charge in [-0.25, -0.2) is 4.39 Å². The molecule has 2 nitrogen and oxygen atoms in total. The van der Waals surface area contributed by atoms with Crippen molar-refractivity contribution in [3.05, 3.63) is 196 Å². The second kappa shape index (κ2) is 20.3. The zero-order chi connectivity index (χ0) is 57.9. The van der Waals surface area contributed by atoms with Crippen LogP contribution in [-0.2, 0) is 56.0 Å². The molecular formula is C49H25BF25NO. The van der Waals surface area contributed by atoms with Crippen LogP contribution in [0.25, 0.3) is 10.9 Å². The minimum Gasteiger partial charge on any atom is -0.287 e. The van der Waals surface area contributed by atoms with Crippen LogP contribution < -0.4 is 26.4 Å². The van der Waals surface area contributed by atoms with Gasteiger partial charge in [-0.05, 0) is 48.5 Å². The first kappa shape index (κ1) is 59.0. The lowest BCUT2D eigenvalue weighted by Crippen LogP contribution is -2.75. The molecule has 0 saturated carbocycles. The molecule has 0 N–H and O–H groups in total. The molecule has 1 aromatic heterocycles. The molecule has 77 heavy (non-hydrogen) atoms. The number of hydrogen-bond acceptors (Lipinski definition) is 1. The summed E-state index contributed by atoms with van der Waals surface area (Å²) in [5.74, 6) is -0.706. The van der Waals surface area contributed by atoms with E-state index in [0.717, 1.165) is 10.9 Å². The molecule has 1 heterocycles. The van der Waals surface area contributed by atoms with E-state index in [1.54, 1.807) is 12.1 Å². The fourth-order valence-corrected chi connectivity index (χ4v) is 8.36. The van der Waals surface area contributed by atoms with Gasteiger partial charge in [0.15, 0.2) is 6.20 Å². The van der Waals surface area contributed by atoms with E-state index in [9.17, 15) is 115 Å². The number of benzene rings is 6. The molecule has 0 aliphatic carbocycles. The summed E-state index contributed by atoms with van der Waals surface area (Å²) in [6.45, 7) is 0.127. The van der Waals surface area contributed by atoms with Crippen molar-refractivity contribution < 1.29 is 119 Å². The third-order valence-electron chi connectivity index (χ3n) is 11.7. The van der Waals surface area contributed by atoms with E-state index in [0.29, 0.717) is 0 Å². The summed E-state index contributed by atoms with van der Waals surface area (Å²) < 4.78 is 356. The molecule has 0 atom stereocenters. The second-order valence-corrected chi connectivity index (χ2v) is 16.8. The van der Waals surface area contributed by atoms with Crippen molar-refractivity contribution in [3.8, 4) is 0 Å². The van der Waals surface area contributed by atoms with Gasteiger partial charge >= 0.3 is 49.4 Å². The summed E-state index contributed by atoms with van der Waals surface area (Å²) in [5.41, 5.74) is -29.1. The maximum absolute atomic E-state index is 14.2. The molecule has 410 valence electrons. The number of rotatable bonds is 7. The molecule has 0 aliphatic heterocycles. The summed E-state index contributed by atoms with van der Waals surface area (Å²) >= 11 is 0. The lowest BCUT2D eigenvalue weighted by Gasteiger charge is -2.46. The van der Waals surface area contributed by atoms with Crippen LogP contribution in [0.2, 0.25) is 0 Å². The monoisotopic (exact) mass is 1130 g/mol. The minimum absolute atomic E-state index is 0.127. The van der Waals surface area contributed by atoms with Crippen LogP contribution in [0.3, 0.4) is 0 Å². The predicted molar refractivity (Wildman–Crippen MR) is 225 cm³/mol. The van der Waals surface area contributed by atoms with Gasteiger partial charge in [0, 0.05) is 17.5 Å². The van der Waals surface area contributed by atoms with E-state index in [-0.39, 0.29) is 17.9 Å². The predicted octanol–water partition coefficient (Wildman–Crippen LogP) is 14.4. The second-order valence-electron chi connectivity index (χ2n) is 16.8. The first-order chi connectivity index (χ1) is 35.0. The van der Waals surface area contributed by atoms with Crippen molar-refractivity contribution in [3.63, 3.8) is 0 Å². The van der Waals surface area contributed by atoms with Crippen molar-refractivity contribution in [1.29, 1.82) is 0 Å². The van der Waals surface area contributed by atoms with Crippen molar-refractivity contribution in [2.24, 2.45) is 0 Å². The normalized spacial score (nSPS) is 13.4. The van der Waals surface area contributed by atoms with Crippen LogP contribution in [0.5, 0.6) is 0 Å². The van der Waals surface area contributed by atoms with Gasteiger partial charge in [0.2, 0.25) is 17.8 Å². The van der Waals surface area contributed by atoms with Gasteiger partial charge < -0.3 is 0 Å². The van der Waals surface area contributed by atoms with Gasteiger partial charge in [0.1, 0.15) is 12.0 Å². The number of fused-ring (bicyclic) bond motifs is 1. The fraction of sp³-hybridized carbons (Fsp3) is 0.184. The molecule has 0 amide bonds. The van der Waals surface area contributed by atoms with E-state index in [1.165, 1.54) is 12.1 Å². The number of pyridine rings is 1. The number of para-hydroxylation sites is 1. The zero-order valence-corrected chi connectivity index (χ0v) is 37.4. The highest BCUT2D eigenvalue weighted by Gasteiger charge is 2.47. The Morgan fingerprint density at radius 1 is 0.351 bits per heavy atom. The Kier molecular flexibility index (Phi) is 15.5. The highest BCUT2D eigenvalue weighted by atomic mass is 19.4. The van der Waals surface area contributed by atoms with Gasteiger partial charge in [0.25, 0.3) is 0 Å². The van der Waals surface area contributed by atoms with Crippen LogP contribution in [-0.4, -0.2) is 11.9 Å². The zero-order valence-electron chi connectivity index (χ0n) is 37.4. The molecule has 0 aliphatic rings. The van der Waals surface area contributed by atoms with Crippen LogP contribution in [0.4, 0.5) is 110 Å². The first-order valence-corrected chi connectivity index (χ1v) is 21.0. The van der Waals surface area contributed by atoms with Crippen LogP contribution in [0.1, 0.15) is 54.9 Å². The van der Waals surface area contributed by atoms with Gasteiger partial charge in [0.05, 0.1) is 50.1 Å². The van der Waals surface area contributed by atoms with Crippen molar-refractivity contribution in [2.45, 2.75) is 56.0 Å². The van der Waals surface area contributed by atoms with Crippen molar-refractivity contribution in [2.75, 3.05) is 0 Å². The van der Waals surface area contributed by atoms with Gasteiger partial charge in [-0.15, -0.1) is 0 Å². The average molecular weight is 1130 g/mol. The lowest BCUT2D eigenvalue weighted by molar-refractivity contribution is -0.657. The number of hydrogen-bond donors (Lipinski definition) is 0. The number of ketones is 1. The summed E-state index contributed by atoms with van der Waals surface area (Å²) in [7, 11) is 0. The van der Waals surface area contributed by atoms with Gasteiger partial charge in [-0.1, -0.05) is 72.8 Å². The Balaban J connectivity index is 0.000000397. The smallest absolute Gasteiger partial charge is 0.287 e. The standard InChI is InChI=1S/C32H12BF24.C17H13FNO/c34-25(35,36)13-1-14(26(37,38)39)6-21(5-13)33(22-7-15(27(40,41)42)2-16(8-22)28(43,44)45,23-9-17(29(46,47)48)3-18(10-23)30(49,50)51)24-11-19(31(52,53)54)4-20(12-24)32(55,56)57;18-15-9-3-2-8-14(15)17(20)12-19-11-5-7-13-6-1-4-10-16(13)19/h1-12H;1-11H,12H2/q-1;+1. The van der Waals surface area contributed by atoms with Crippen LogP contribution in [0.15, 0.2) is 140 Å². The number of alkyl halides is 24. The van der Waals surface area contributed by atoms with Gasteiger partial charge in [-0.2, -0.15) is 132 Å². The molecular weight excluding hydrogens is 1100 g/mol. The number of carbonyl (C=O) groups excluding carboxylic acids is 1.